The van der Waals surface area contributed by atoms with Crippen molar-refractivity contribution in [2.24, 2.45) is 5.10 Å². The molecule has 1 aliphatic heterocycles. The van der Waals surface area contributed by atoms with Crippen molar-refractivity contribution < 1.29 is 18.5 Å². The third kappa shape index (κ3) is 3.81. The van der Waals surface area contributed by atoms with E-state index < -0.39 is 11.9 Å². The van der Waals surface area contributed by atoms with Crippen molar-refractivity contribution in [1.82, 2.24) is 10.2 Å². The fraction of sp³-hybridized carbons (Fsp3) is 0.160. The van der Waals surface area contributed by atoms with Gasteiger partial charge in [-0.3, -0.25) is 4.79 Å². The molecule has 1 atom stereocenters. The van der Waals surface area contributed by atoms with Gasteiger partial charge in [0.25, 0.3) is 0 Å². The number of amides is 1. The number of aromatic nitrogens is 1. The molecule has 0 aliphatic carbocycles. The Morgan fingerprint density at radius 1 is 1.15 bits per heavy atom. The molecule has 0 saturated heterocycles. The minimum Gasteiger partial charge on any atom is -0.497 e. The summed E-state index contributed by atoms with van der Waals surface area (Å²) in [6, 6.07) is 18.1. The molecule has 0 fully saturated rings. The topological polar surface area (TPSA) is 81.1 Å². The van der Waals surface area contributed by atoms with Crippen molar-refractivity contribution >= 4 is 23.2 Å². The van der Waals surface area contributed by atoms with Crippen LogP contribution in [0.25, 0.3) is 11.3 Å². The minimum absolute atomic E-state index is 0.108. The third-order valence-electron chi connectivity index (χ3n) is 5.64. The van der Waals surface area contributed by atoms with Gasteiger partial charge in [-0.1, -0.05) is 47.1 Å². The van der Waals surface area contributed by atoms with E-state index in [-0.39, 0.29) is 5.76 Å². The molecule has 8 heteroatoms. The summed E-state index contributed by atoms with van der Waals surface area (Å²) in [7, 11) is 1.61. The summed E-state index contributed by atoms with van der Waals surface area (Å²) >= 11 is 6.33. The highest BCUT2D eigenvalue weighted by molar-refractivity contribution is 6.33. The van der Waals surface area contributed by atoms with Gasteiger partial charge in [0.2, 0.25) is 5.76 Å². The summed E-state index contributed by atoms with van der Waals surface area (Å²) in [6.07, 6.45) is 2.06. The Hall–Kier alpha value is -3.84. The van der Waals surface area contributed by atoms with Crippen LogP contribution < -0.4 is 4.74 Å². The Morgan fingerprint density at radius 2 is 2.00 bits per heavy atom. The van der Waals surface area contributed by atoms with Gasteiger partial charge in [0.1, 0.15) is 23.2 Å². The van der Waals surface area contributed by atoms with Crippen molar-refractivity contribution in [1.29, 1.82) is 0 Å². The van der Waals surface area contributed by atoms with Crippen LogP contribution in [0.15, 0.2) is 81.0 Å². The Kier molecular flexibility index (Phi) is 5.48. The van der Waals surface area contributed by atoms with Gasteiger partial charge in [-0.15, -0.1) is 0 Å². The van der Waals surface area contributed by atoms with Crippen LogP contribution >= 0.6 is 11.6 Å². The van der Waals surface area contributed by atoms with Crippen molar-refractivity contribution in [3.63, 3.8) is 0 Å². The highest BCUT2D eigenvalue weighted by atomic mass is 35.5. The van der Waals surface area contributed by atoms with Crippen LogP contribution in [0.5, 0.6) is 5.75 Å². The SMILES string of the molecule is COc1cccc(C2=NN(C(=O)c3onc(-c4ccccc4Cl)c3C)[C@H](c3ccco3)C2)c1. The predicted molar refractivity (Wildman–Crippen MR) is 123 cm³/mol. The molecule has 0 bridgehead atoms. The first-order valence-electron chi connectivity index (χ1n) is 10.4. The van der Waals surface area contributed by atoms with Gasteiger partial charge in [0.15, 0.2) is 0 Å². The van der Waals surface area contributed by atoms with E-state index in [0.29, 0.717) is 39.8 Å². The number of hydrazone groups is 1. The fourth-order valence-electron chi connectivity index (χ4n) is 3.92. The maximum Gasteiger partial charge on any atom is 0.313 e. The van der Waals surface area contributed by atoms with Crippen LogP contribution in [-0.4, -0.2) is 28.9 Å². The van der Waals surface area contributed by atoms with Crippen molar-refractivity contribution in [3.8, 4) is 17.0 Å². The Morgan fingerprint density at radius 3 is 2.76 bits per heavy atom. The fourth-order valence-corrected chi connectivity index (χ4v) is 4.15. The van der Waals surface area contributed by atoms with E-state index in [9.17, 15) is 4.79 Å². The number of nitrogens with zero attached hydrogens (tertiary/aromatic N) is 3. The molecule has 0 saturated carbocycles. The van der Waals surface area contributed by atoms with Crippen LogP contribution in [0.1, 0.15) is 39.9 Å². The quantitative estimate of drug-likeness (QED) is 0.369. The number of methoxy groups -OCH3 is 1. The van der Waals surface area contributed by atoms with E-state index in [0.717, 1.165) is 11.3 Å². The molecular formula is C25H20ClN3O4. The molecule has 7 nitrogen and oxygen atoms in total. The number of ether oxygens (including phenoxy) is 1. The molecule has 5 rings (SSSR count). The van der Waals surface area contributed by atoms with Gasteiger partial charge in [-0.05, 0) is 37.3 Å². The van der Waals surface area contributed by atoms with Gasteiger partial charge in [-0.25, -0.2) is 5.01 Å². The second-order valence-electron chi connectivity index (χ2n) is 7.63. The van der Waals surface area contributed by atoms with Gasteiger partial charge in [0.05, 0.1) is 24.1 Å². The summed E-state index contributed by atoms with van der Waals surface area (Å²) in [5.41, 5.74) is 3.43. The van der Waals surface area contributed by atoms with E-state index >= 15 is 0 Å². The van der Waals surface area contributed by atoms with Crippen LogP contribution in [0.3, 0.4) is 0 Å². The number of hydrogen-bond acceptors (Lipinski definition) is 6. The van der Waals surface area contributed by atoms with Gasteiger partial charge >= 0.3 is 5.91 Å². The highest BCUT2D eigenvalue weighted by Crippen LogP contribution is 2.37. The standard InChI is InChI=1S/C25H20ClN3O4/c1-15-23(18-9-3-4-10-19(18)26)28-33-24(15)25(30)29-21(22-11-6-12-32-22)14-20(27-29)16-7-5-8-17(13-16)31-2/h3-13,21H,14H2,1-2H3/t21-/m0/s1. The van der Waals surface area contributed by atoms with E-state index in [1.54, 1.807) is 32.4 Å². The summed E-state index contributed by atoms with van der Waals surface area (Å²) in [6.45, 7) is 1.78. The molecule has 1 aliphatic rings. The van der Waals surface area contributed by atoms with E-state index in [4.69, 9.17) is 25.3 Å². The lowest BCUT2D eigenvalue weighted by Crippen LogP contribution is -2.27. The third-order valence-corrected chi connectivity index (χ3v) is 5.97. The zero-order chi connectivity index (χ0) is 22.9. The van der Waals surface area contributed by atoms with Gasteiger partial charge in [0, 0.05) is 23.1 Å². The van der Waals surface area contributed by atoms with E-state index in [1.165, 1.54) is 5.01 Å². The van der Waals surface area contributed by atoms with Crippen molar-refractivity contribution in [2.75, 3.05) is 7.11 Å². The second-order valence-corrected chi connectivity index (χ2v) is 8.04. The molecule has 33 heavy (non-hydrogen) atoms. The summed E-state index contributed by atoms with van der Waals surface area (Å²) in [5.74, 6) is 1.05. The lowest BCUT2D eigenvalue weighted by atomic mass is 10.0. The van der Waals surface area contributed by atoms with Gasteiger partial charge in [-0.2, -0.15) is 5.10 Å². The molecule has 2 aromatic heterocycles. The number of carbonyl (C=O) groups is 1. The predicted octanol–water partition coefficient (Wildman–Crippen LogP) is 5.90. The highest BCUT2D eigenvalue weighted by Gasteiger charge is 2.38. The molecule has 4 aromatic rings. The number of rotatable bonds is 5. The van der Waals surface area contributed by atoms with Crippen LogP contribution in [0.2, 0.25) is 5.02 Å². The average molecular weight is 462 g/mol. The first kappa shape index (κ1) is 21.0. The van der Waals surface area contributed by atoms with Gasteiger partial charge < -0.3 is 13.7 Å². The van der Waals surface area contributed by atoms with E-state index in [1.807, 2.05) is 48.5 Å². The van der Waals surface area contributed by atoms with Crippen LogP contribution in [0, 0.1) is 6.92 Å². The minimum atomic E-state index is -0.415. The zero-order valence-electron chi connectivity index (χ0n) is 18.0. The number of furan rings is 1. The van der Waals surface area contributed by atoms with Crippen molar-refractivity contribution in [2.45, 2.75) is 19.4 Å². The summed E-state index contributed by atoms with van der Waals surface area (Å²) in [5, 5.41) is 10.7. The smallest absolute Gasteiger partial charge is 0.313 e. The maximum absolute atomic E-state index is 13.6. The van der Waals surface area contributed by atoms with Crippen molar-refractivity contribution in [3.05, 3.63) is 94.6 Å². The lowest BCUT2D eigenvalue weighted by Gasteiger charge is -2.18. The molecule has 0 radical (unpaired) electrons. The molecule has 1 amide bonds. The molecule has 3 heterocycles. The summed E-state index contributed by atoms with van der Waals surface area (Å²) in [4.78, 5) is 13.6. The number of benzene rings is 2. The molecule has 166 valence electrons. The number of carbonyl (C=O) groups excluding carboxylic acids is 1. The first-order chi connectivity index (χ1) is 16.1. The second kappa shape index (κ2) is 8.60. The summed E-state index contributed by atoms with van der Waals surface area (Å²) < 4.78 is 16.5. The van der Waals surface area contributed by atoms with Crippen LogP contribution in [-0.2, 0) is 0 Å². The Bertz CT molecular complexity index is 1340. The molecular weight excluding hydrogens is 442 g/mol. The first-order valence-corrected chi connectivity index (χ1v) is 10.7. The maximum atomic E-state index is 13.6. The normalized spacial score (nSPS) is 15.5. The molecule has 2 aromatic carbocycles. The van der Waals surface area contributed by atoms with Crippen LogP contribution in [0.4, 0.5) is 0 Å². The number of hydrogen-bond donors (Lipinski definition) is 0. The average Bonchev–Trinajstić information content (AvgIpc) is 3.59. The Balaban J connectivity index is 1.53. The Labute approximate surface area is 195 Å². The lowest BCUT2D eigenvalue weighted by molar-refractivity contribution is 0.0649. The zero-order valence-corrected chi connectivity index (χ0v) is 18.7. The number of halogens is 1. The monoisotopic (exact) mass is 461 g/mol. The molecule has 0 N–H and O–H groups in total. The molecule has 0 spiro atoms. The van der Waals surface area contributed by atoms with E-state index in [2.05, 4.69) is 10.3 Å². The molecule has 0 unspecified atom stereocenters. The largest absolute Gasteiger partial charge is 0.497 e.